The Kier molecular flexibility index (Phi) is 7.34. The van der Waals surface area contributed by atoms with Crippen LogP contribution in [0.3, 0.4) is 0 Å². The van der Waals surface area contributed by atoms with Gasteiger partial charge in [-0.2, -0.15) is 0 Å². The van der Waals surface area contributed by atoms with Gasteiger partial charge in [-0.25, -0.2) is 0 Å². The van der Waals surface area contributed by atoms with Crippen LogP contribution >= 0.6 is 0 Å². The Morgan fingerprint density at radius 2 is 2.12 bits per heavy atom. The second-order valence-electron chi connectivity index (χ2n) is 7.14. The lowest BCUT2D eigenvalue weighted by Gasteiger charge is -2.34. The molecule has 2 aliphatic heterocycles. The van der Waals surface area contributed by atoms with E-state index in [1.807, 2.05) is 0 Å². The summed E-state index contributed by atoms with van der Waals surface area (Å²) in [5, 5.41) is 6.97. The third kappa shape index (κ3) is 4.85. The first kappa shape index (κ1) is 19.0. The lowest BCUT2D eigenvalue weighted by atomic mass is 9.78. The highest BCUT2D eigenvalue weighted by molar-refractivity contribution is 5.80. The number of esters is 1. The minimum absolute atomic E-state index is 0.156. The van der Waals surface area contributed by atoms with Crippen LogP contribution in [-0.4, -0.2) is 56.9 Å². The fourth-order valence-electron chi connectivity index (χ4n) is 3.77. The highest BCUT2D eigenvalue weighted by atomic mass is 16.5. The van der Waals surface area contributed by atoms with Crippen LogP contribution in [0.4, 0.5) is 0 Å². The number of nitrogens with zero attached hydrogens (tertiary/aromatic N) is 2. The molecule has 24 heavy (non-hydrogen) atoms. The molecule has 0 aromatic rings. The Morgan fingerprint density at radius 1 is 1.33 bits per heavy atom. The highest BCUT2D eigenvalue weighted by Gasteiger charge is 2.35. The van der Waals surface area contributed by atoms with Gasteiger partial charge < -0.3 is 14.2 Å². The summed E-state index contributed by atoms with van der Waals surface area (Å²) in [5.41, 5.74) is 0. The highest BCUT2D eigenvalue weighted by Crippen LogP contribution is 2.33. The summed E-state index contributed by atoms with van der Waals surface area (Å²) in [6.45, 7) is 6.65. The van der Waals surface area contributed by atoms with Crippen LogP contribution in [0.25, 0.3) is 0 Å². The van der Waals surface area contributed by atoms with E-state index in [0.29, 0.717) is 31.6 Å². The Labute approximate surface area is 145 Å². The second kappa shape index (κ2) is 9.25. The van der Waals surface area contributed by atoms with Crippen molar-refractivity contribution >= 4 is 11.9 Å². The van der Waals surface area contributed by atoms with Gasteiger partial charge in [0, 0.05) is 26.0 Å². The van der Waals surface area contributed by atoms with E-state index in [1.165, 1.54) is 7.11 Å². The zero-order chi connectivity index (χ0) is 17.5. The zero-order valence-corrected chi connectivity index (χ0v) is 15.5. The van der Waals surface area contributed by atoms with E-state index < -0.39 is 0 Å². The van der Waals surface area contributed by atoms with Gasteiger partial charge in [-0.3, -0.25) is 9.80 Å². The summed E-state index contributed by atoms with van der Waals surface area (Å²) in [4.78, 5) is 11.8. The third-order valence-corrected chi connectivity index (χ3v) is 5.16. The van der Waals surface area contributed by atoms with E-state index in [1.54, 1.807) is 7.11 Å². The maximum Gasteiger partial charge on any atom is 0.305 e. The number of rotatable bonds is 7. The molecule has 0 N–H and O–H groups in total. The molecule has 2 fully saturated rings. The molecule has 2 heterocycles. The molecule has 0 aromatic heterocycles. The van der Waals surface area contributed by atoms with Crippen LogP contribution < -0.4 is 0 Å². The van der Waals surface area contributed by atoms with Crippen molar-refractivity contribution in [1.29, 1.82) is 0 Å². The molecular formula is C18H32N2O4. The van der Waals surface area contributed by atoms with Crippen LogP contribution in [0.1, 0.15) is 46.0 Å². The fraction of sp³-hybridized carbons (Fsp3) is 0.889. The SMILES string of the molecule is COC[C@@H]1CCCN1/N=C1\OCCC[C@H]1[C@H](CC(=O)OC)C(C)C. The zero-order valence-electron chi connectivity index (χ0n) is 15.5. The van der Waals surface area contributed by atoms with Gasteiger partial charge >= 0.3 is 5.97 Å². The van der Waals surface area contributed by atoms with Crippen LogP contribution in [0.2, 0.25) is 0 Å². The Hall–Kier alpha value is -1.30. The first-order chi connectivity index (χ1) is 11.6. The fourth-order valence-corrected chi connectivity index (χ4v) is 3.77. The third-order valence-electron chi connectivity index (χ3n) is 5.16. The Balaban J connectivity index is 2.15. The van der Waals surface area contributed by atoms with E-state index in [2.05, 4.69) is 18.9 Å². The summed E-state index contributed by atoms with van der Waals surface area (Å²) >= 11 is 0. The smallest absolute Gasteiger partial charge is 0.305 e. The molecule has 0 bridgehead atoms. The monoisotopic (exact) mass is 340 g/mol. The van der Waals surface area contributed by atoms with Crippen molar-refractivity contribution in [2.24, 2.45) is 22.9 Å². The number of methoxy groups -OCH3 is 2. The van der Waals surface area contributed by atoms with Gasteiger partial charge in [0.1, 0.15) is 0 Å². The lowest BCUT2D eigenvalue weighted by Crippen LogP contribution is -2.38. The number of carbonyl (C=O) groups excluding carboxylic acids is 1. The molecule has 2 rings (SSSR count). The van der Waals surface area contributed by atoms with E-state index in [-0.39, 0.29) is 17.8 Å². The van der Waals surface area contributed by atoms with E-state index >= 15 is 0 Å². The van der Waals surface area contributed by atoms with Gasteiger partial charge in [0.2, 0.25) is 5.90 Å². The van der Waals surface area contributed by atoms with Crippen LogP contribution in [0.15, 0.2) is 5.10 Å². The first-order valence-electron chi connectivity index (χ1n) is 9.10. The summed E-state index contributed by atoms with van der Waals surface area (Å²) in [5.74, 6) is 1.39. The minimum Gasteiger partial charge on any atom is -0.480 e. The number of ether oxygens (including phenoxy) is 3. The molecule has 6 heteroatoms. The van der Waals surface area contributed by atoms with Gasteiger partial charge in [-0.05, 0) is 37.5 Å². The molecule has 0 aliphatic carbocycles. The van der Waals surface area contributed by atoms with Gasteiger partial charge in [0.15, 0.2) is 0 Å². The molecule has 0 spiro atoms. The van der Waals surface area contributed by atoms with Crippen LogP contribution in [0, 0.1) is 17.8 Å². The second-order valence-corrected chi connectivity index (χ2v) is 7.14. The normalized spacial score (nSPS) is 27.4. The Morgan fingerprint density at radius 3 is 2.79 bits per heavy atom. The number of hydrazone groups is 1. The van der Waals surface area contributed by atoms with Gasteiger partial charge in [-0.15, -0.1) is 5.10 Å². The molecule has 6 nitrogen and oxygen atoms in total. The summed E-state index contributed by atoms with van der Waals surface area (Å²) < 4.78 is 16.1. The van der Waals surface area contributed by atoms with Crippen molar-refractivity contribution in [1.82, 2.24) is 5.01 Å². The van der Waals surface area contributed by atoms with Crippen molar-refractivity contribution in [3.63, 3.8) is 0 Å². The first-order valence-corrected chi connectivity index (χ1v) is 9.10. The average molecular weight is 340 g/mol. The van der Waals surface area contributed by atoms with Crippen molar-refractivity contribution in [3.05, 3.63) is 0 Å². The molecule has 0 radical (unpaired) electrons. The molecule has 0 amide bonds. The molecule has 2 saturated heterocycles. The summed E-state index contributed by atoms with van der Waals surface area (Å²) in [6.07, 6.45) is 4.68. The van der Waals surface area contributed by atoms with Gasteiger partial charge in [0.25, 0.3) is 0 Å². The van der Waals surface area contributed by atoms with Crippen molar-refractivity contribution in [3.8, 4) is 0 Å². The molecule has 0 saturated carbocycles. The van der Waals surface area contributed by atoms with Crippen molar-refractivity contribution < 1.29 is 19.0 Å². The van der Waals surface area contributed by atoms with Crippen LogP contribution in [-0.2, 0) is 19.0 Å². The van der Waals surface area contributed by atoms with Gasteiger partial charge in [-0.1, -0.05) is 13.8 Å². The molecule has 3 atom stereocenters. The van der Waals surface area contributed by atoms with Crippen molar-refractivity contribution in [2.45, 2.75) is 52.0 Å². The molecule has 2 aliphatic rings. The van der Waals surface area contributed by atoms with E-state index in [0.717, 1.165) is 38.1 Å². The van der Waals surface area contributed by atoms with Crippen molar-refractivity contribution in [2.75, 3.05) is 34.0 Å². The maximum atomic E-state index is 11.8. The quantitative estimate of drug-likeness (QED) is 0.667. The van der Waals surface area contributed by atoms with E-state index in [4.69, 9.17) is 19.3 Å². The standard InChI is InChI=1S/C18H32N2O4/c1-13(2)16(11-17(21)23-4)15-8-6-10-24-18(15)19-20-9-5-7-14(20)12-22-3/h13-16H,5-12H2,1-4H3/b19-18-/t14-,15-,16+/m0/s1. The maximum absolute atomic E-state index is 11.8. The van der Waals surface area contributed by atoms with Crippen LogP contribution in [0.5, 0.6) is 0 Å². The molecule has 138 valence electrons. The molecule has 0 aromatic carbocycles. The lowest BCUT2D eigenvalue weighted by molar-refractivity contribution is -0.142. The minimum atomic E-state index is -0.156. The van der Waals surface area contributed by atoms with Gasteiger partial charge in [0.05, 0.1) is 26.4 Å². The largest absolute Gasteiger partial charge is 0.480 e. The predicted octanol–water partition coefficient (Wildman–Crippen LogP) is 2.67. The predicted molar refractivity (Wildman–Crippen MR) is 92.7 cm³/mol. The summed E-state index contributed by atoms with van der Waals surface area (Å²) in [7, 11) is 3.18. The number of carbonyl (C=O) groups is 1. The molecule has 0 unspecified atom stereocenters. The van der Waals surface area contributed by atoms with E-state index in [9.17, 15) is 4.79 Å². The topological polar surface area (TPSA) is 60.4 Å². The number of hydrogen-bond acceptors (Lipinski definition) is 6. The molecular weight excluding hydrogens is 308 g/mol. The Bertz CT molecular complexity index is 439. The average Bonchev–Trinajstić information content (AvgIpc) is 3.00. The number of hydrogen-bond donors (Lipinski definition) is 0. The summed E-state index contributed by atoms with van der Waals surface area (Å²) in [6, 6.07) is 0.326.